The molecule has 0 heterocycles. The zero-order valence-corrected chi connectivity index (χ0v) is 14.7. The molecule has 0 aromatic heterocycles. The van der Waals surface area contributed by atoms with Crippen molar-refractivity contribution >= 4 is 12.1 Å². The van der Waals surface area contributed by atoms with Crippen molar-refractivity contribution in [3.8, 4) is 0 Å². The number of hydrogen-bond donors (Lipinski definition) is 0. The summed E-state index contributed by atoms with van der Waals surface area (Å²) < 4.78 is 0. The molecule has 0 aromatic carbocycles. The lowest BCUT2D eigenvalue weighted by atomic mass is 9.51. The van der Waals surface area contributed by atoms with Crippen molar-refractivity contribution in [1.82, 2.24) is 0 Å². The Morgan fingerprint density at radius 2 is 2.04 bits per heavy atom. The van der Waals surface area contributed by atoms with Crippen LogP contribution in [0.5, 0.6) is 0 Å². The lowest BCUT2D eigenvalue weighted by Gasteiger charge is -2.53. The van der Waals surface area contributed by atoms with Gasteiger partial charge in [-0.05, 0) is 79.8 Å². The Kier molecular flexibility index (Phi) is 3.89. The molecule has 6 atom stereocenters. The van der Waals surface area contributed by atoms with E-state index in [1.807, 2.05) is 6.08 Å². The zero-order valence-electron chi connectivity index (χ0n) is 14.7. The van der Waals surface area contributed by atoms with Gasteiger partial charge >= 0.3 is 0 Å². The van der Waals surface area contributed by atoms with Gasteiger partial charge in [-0.3, -0.25) is 9.59 Å². The van der Waals surface area contributed by atoms with E-state index in [1.165, 1.54) is 30.4 Å². The number of carbonyl (C=O) groups excluding carboxylic acids is 2. The van der Waals surface area contributed by atoms with Crippen molar-refractivity contribution in [3.05, 3.63) is 36.0 Å². The monoisotopic (exact) mass is 324 g/mol. The predicted octanol–water partition coefficient (Wildman–Crippen LogP) is 4.67. The molecule has 2 nitrogen and oxygen atoms in total. The molecule has 4 rings (SSSR count). The van der Waals surface area contributed by atoms with Gasteiger partial charge in [0, 0.05) is 12.3 Å². The summed E-state index contributed by atoms with van der Waals surface area (Å²) in [5, 5.41) is 0. The van der Waals surface area contributed by atoms with E-state index in [0.717, 1.165) is 43.8 Å². The van der Waals surface area contributed by atoms with Gasteiger partial charge in [-0.25, -0.2) is 0 Å². The maximum Gasteiger partial charge on any atom is 0.155 e. The first-order valence-electron chi connectivity index (χ1n) is 9.57. The molecule has 128 valence electrons. The first kappa shape index (κ1) is 16.1. The van der Waals surface area contributed by atoms with Crippen LogP contribution < -0.4 is 0 Å². The van der Waals surface area contributed by atoms with Crippen LogP contribution in [-0.2, 0) is 9.59 Å². The van der Waals surface area contributed by atoms with Gasteiger partial charge in [0.25, 0.3) is 0 Å². The molecular formula is C22H28O2. The molecule has 0 N–H and O–H groups in total. The highest BCUT2D eigenvalue weighted by atomic mass is 16.1. The van der Waals surface area contributed by atoms with E-state index in [1.54, 1.807) is 6.08 Å². The van der Waals surface area contributed by atoms with Crippen molar-refractivity contribution in [2.24, 2.45) is 35.0 Å². The van der Waals surface area contributed by atoms with Crippen LogP contribution in [-0.4, -0.2) is 12.1 Å². The third-order valence-electron chi connectivity index (χ3n) is 7.75. The van der Waals surface area contributed by atoms with Crippen molar-refractivity contribution in [3.63, 3.8) is 0 Å². The molecule has 0 amide bonds. The third kappa shape index (κ3) is 2.29. The van der Waals surface area contributed by atoms with Crippen molar-refractivity contribution in [2.45, 2.75) is 51.9 Å². The van der Waals surface area contributed by atoms with Crippen LogP contribution in [0.4, 0.5) is 0 Å². The number of aldehydes is 1. The van der Waals surface area contributed by atoms with Crippen LogP contribution in [0.25, 0.3) is 0 Å². The van der Waals surface area contributed by atoms with Gasteiger partial charge in [0.05, 0.1) is 0 Å². The van der Waals surface area contributed by atoms with Crippen molar-refractivity contribution < 1.29 is 9.59 Å². The molecule has 3 saturated carbocycles. The van der Waals surface area contributed by atoms with Crippen LogP contribution in [0.2, 0.25) is 0 Å². The van der Waals surface area contributed by atoms with E-state index in [4.69, 9.17) is 0 Å². The van der Waals surface area contributed by atoms with Gasteiger partial charge < -0.3 is 0 Å². The van der Waals surface area contributed by atoms with Gasteiger partial charge in [0.2, 0.25) is 0 Å². The SMILES string of the molecule is C=C1C[C@H]2[C@@H]3CCC4=CC(=O)CC[C@@H]4[C@H]3CC[C@]2(C)[C@@H]1/C=C\C=O. The largest absolute Gasteiger partial charge is 0.299 e. The minimum atomic E-state index is 0.267. The average molecular weight is 324 g/mol. The molecule has 0 unspecified atom stereocenters. The maximum atomic E-state index is 11.8. The van der Waals surface area contributed by atoms with Gasteiger partial charge in [0.1, 0.15) is 6.29 Å². The summed E-state index contributed by atoms with van der Waals surface area (Å²) in [6, 6.07) is 0. The third-order valence-corrected chi connectivity index (χ3v) is 7.75. The summed E-state index contributed by atoms with van der Waals surface area (Å²) in [7, 11) is 0. The average Bonchev–Trinajstić information content (AvgIpc) is 2.82. The number of hydrogen-bond acceptors (Lipinski definition) is 2. The molecule has 0 aromatic rings. The van der Waals surface area contributed by atoms with Crippen LogP contribution in [0, 0.1) is 35.0 Å². The normalized spacial score (nSPS) is 44.7. The second-order valence-corrected chi connectivity index (χ2v) is 8.71. The lowest BCUT2D eigenvalue weighted by molar-refractivity contribution is -0.116. The van der Waals surface area contributed by atoms with E-state index in [-0.39, 0.29) is 5.41 Å². The van der Waals surface area contributed by atoms with E-state index < -0.39 is 0 Å². The molecule has 0 aliphatic heterocycles. The fraction of sp³-hybridized carbons (Fsp3) is 0.636. The molecule has 24 heavy (non-hydrogen) atoms. The summed E-state index contributed by atoms with van der Waals surface area (Å²) in [6.07, 6.45) is 14.4. The van der Waals surface area contributed by atoms with Crippen molar-refractivity contribution in [2.75, 3.05) is 0 Å². The summed E-state index contributed by atoms with van der Waals surface area (Å²) in [4.78, 5) is 22.6. The Morgan fingerprint density at radius 1 is 1.21 bits per heavy atom. The highest BCUT2D eigenvalue weighted by Gasteiger charge is 2.56. The summed E-state index contributed by atoms with van der Waals surface area (Å²) in [5.74, 6) is 3.59. The number of allylic oxidation sites excluding steroid dienone is 4. The first-order valence-corrected chi connectivity index (χ1v) is 9.57. The Morgan fingerprint density at radius 3 is 2.83 bits per heavy atom. The van der Waals surface area contributed by atoms with Crippen LogP contribution >= 0.6 is 0 Å². The van der Waals surface area contributed by atoms with Gasteiger partial charge in [0.15, 0.2) is 5.78 Å². The van der Waals surface area contributed by atoms with Crippen LogP contribution in [0.3, 0.4) is 0 Å². The second-order valence-electron chi connectivity index (χ2n) is 8.71. The molecule has 4 aliphatic carbocycles. The Hall–Kier alpha value is -1.44. The van der Waals surface area contributed by atoms with Crippen molar-refractivity contribution in [1.29, 1.82) is 0 Å². The summed E-state index contributed by atoms with van der Waals surface area (Å²) in [5.41, 5.74) is 3.04. The second kappa shape index (κ2) is 5.82. The molecule has 0 saturated heterocycles. The molecule has 0 radical (unpaired) electrons. The van der Waals surface area contributed by atoms with Crippen LogP contribution in [0.15, 0.2) is 36.0 Å². The maximum absolute atomic E-state index is 11.8. The van der Waals surface area contributed by atoms with Crippen LogP contribution in [0.1, 0.15) is 51.9 Å². The lowest BCUT2D eigenvalue weighted by Crippen LogP contribution is -2.46. The molecule has 3 fully saturated rings. The number of fused-ring (bicyclic) bond motifs is 5. The minimum Gasteiger partial charge on any atom is -0.299 e. The van der Waals surface area contributed by atoms with E-state index in [0.29, 0.717) is 23.5 Å². The summed E-state index contributed by atoms with van der Waals surface area (Å²) >= 11 is 0. The molecular weight excluding hydrogens is 296 g/mol. The molecule has 2 heteroatoms. The van der Waals surface area contributed by atoms with E-state index >= 15 is 0 Å². The fourth-order valence-corrected chi connectivity index (χ4v) is 6.69. The predicted molar refractivity (Wildman–Crippen MR) is 95.3 cm³/mol. The summed E-state index contributed by atoms with van der Waals surface area (Å²) in [6.45, 7) is 6.80. The van der Waals surface area contributed by atoms with E-state index in [2.05, 4.69) is 19.6 Å². The first-order chi connectivity index (χ1) is 11.5. The minimum absolute atomic E-state index is 0.267. The van der Waals surface area contributed by atoms with Gasteiger partial charge in [-0.15, -0.1) is 0 Å². The zero-order chi connectivity index (χ0) is 16.9. The number of ketones is 1. The standard InChI is InChI=1S/C22H28O2/c1-14-12-21-19-7-5-15-13-16(24)6-8-17(15)18(19)9-10-22(21,2)20(14)4-3-11-23/h3-4,11,13,17-21H,1,5-10,12H2,2H3/b4-3-/t17-,18+,19+,20+,21-,22+/m0/s1. The highest BCUT2D eigenvalue weighted by molar-refractivity contribution is 5.91. The fourth-order valence-electron chi connectivity index (χ4n) is 6.69. The number of carbonyl (C=O) groups is 2. The molecule has 0 spiro atoms. The quantitative estimate of drug-likeness (QED) is 0.420. The topological polar surface area (TPSA) is 34.1 Å². The van der Waals surface area contributed by atoms with Gasteiger partial charge in [-0.2, -0.15) is 0 Å². The van der Waals surface area contributed by atoms with Gasteiger partial charge in [-0.1, -0.05) is 30.7 Å². The highest BCUT2D eigenvalue weighted by Crippen LogP contribution is 2.64. The number of rotatable bonds is 2. The Bertz CT molecular complexity index is 640. The Balaban J connectivity index is 1.63. The smallest absolute Gasteiger partial charge is 0.155 e. The Labute approximate surface area is 145 Å². The molecule has 4 aliphatic rings. The molecule has 0 bridgehead atoms. The van der Waals surface area contributed by atoms with E-state index in [9.17, 15) is 9.59 Å².